The summed E-state index contributed by atoms with van der Waals surface area (Å²) in [5.74, 6) is 0.0602. The molecule has 2 unspecified atom stereocenters. The van der Waals surface area contributed by atoms with Gasteiger partial charge < -0.3 is 30.3 Å². The number of alkyl halides is 2. The van der Waals surface area contributed by atoms with Crippen molar-refractivity contribution in [2.75, 3.05) is 44.6 Å². The third-order valence-electron chi connectivity index (χ3n) is 8.17. The summed E-state index contributed by atoms with van der Waals surface area (Å²) < 4.78 is 31.3. The molecule has 13 heteroatoms. The van der Waals surface area contributed by atoms with Crippen LogP contribution < -0.4 is 15.4 Å². The molecule has 0 bridgehead atoms. The van der Waals surface area contributed by atoms with Gasteiger partial charge in [-0.2, -0.15) is 8.78 Å². The molecular weight excluding hydrogens is 572 g/mol. The average Bonchev–Trinajstić information content (AvgIpc) is 3.46. The van der Waals surface area contributed by atoms with E-state index in [0.29, 0.717) is 62.7 Å². The van der Waals surface area contributed by atoms with Crippen LogP contribution in [0, 0.1) is 12.8 Å². The highest BCUT2D eigenvalue weighted by atomic mass is 19.3. The van der Waals surface area contributed by atoms with Crippen LogP contribution in [0.25, 0.3) is 16.9 Å². The largest absolute Gasteiger partial charge is 0.435 e. The molecule has 0 spiro atoms. The van der Waals surface area contributed by atoms with Crippen LogP contribution in [0.3, 0.4) is 0 Å². The molecule has 2 aromatic heterocycles. The van der Waals surface area contributed by atoms with Gasteiger partial charge in [0.05, 0.1) is 23.9 Å². The molecular formula is C31H33F2N7O4. The van der Waals surface area contributed by atoms with E-state index in [1.54, 1.807) is 46.6 Å². The van der Waals surface area contributed by atoms with Crippen LogP contribution in [0.5, 0.6) is 5.75 Å². The van der Waals surface area contributed by atoms with Gasteiger partial charge in [-0.1, -0.05) is 0 Å². The van der Waals surface area contributed by atoms with Crippen LogP contribution in [-0.2, 0) is 4.79 Å². The van der Waals surface area contributed by atoms with E-state index in [0.717, 1.165) is 22.5 Å². The molecule has 2 aromatic carbocycles. The van der Waals surface area contributed by atoms with Gasteiger partial charge in [0, 0.05) is 61.9 Å². The summed E-state index contributed by atoms with van der Waals surface area (Å²) in [7, 11) is 0. The number of carbonyl (C=O) groups excluding carboxylic acids is 2. The minimum Gasteiger partial charge on any atom is -0.435 e. The second kappa shape index (κ2) is 12.5. The molecule has 2 aliphatic heterocycles. The number of amides is 2. The minimum absolute atomic E-state index is 0.0386. The molecule has 4 heterocycles. The number of aryl methyl sites for hydroxylation is 1. The Hall–Kier alpha value is -4.62. The number of fused-ring (bicyclic) bond motifs is 1. The van der Waals surface area contributed by atoms with E-state index in [-0.39, 0.29) is 17.6 Å². The SMILES string of the molecule is Cc1cc(Nc2nccn3c(-c4ccc(OC(F)F)cc4)cnc23)ccc1C(=O)N1CCN(C(=O)C2CCNCC2O)CC1. The van der Waals surface area contributed by atoms with Crippen LogP contribution in [-0.4, -0.2) is 93.1 Å². The van der Waals surface area contributed by atoms with Gasteiger partial charge in [-0.15, -0.1) is 0 Å². The first-order chi connectivity index (χ1) is 21.3. The Morgan fingerprint density at radius 1 is 1.07 bits per heavy atom. The fourth-order valence-electron chi connectivity index (χ4n) is 5.81. The van der Waals surface area contributed by atoms with Crippen molar-refractivity contribution in [3.63, 3.8) is 0 Å². The van der Waals surface area contributed by atoms with Gasteiger partial charge in [0.1, 0.15) is 5.75 Å². The Kier molecular flexibility index (Phi) is 8.40. The normalized spacial score (nSPS) is 18.9. The van der Waals surface area contributed by atoms with Crippen LogP contribution in [0.2, 0.25) is 0 Å². The molecule has 0 radical (unpaired) electrons. The number of carbonyl (C=O) groups is 2. The lowest BCUT2D eigenvalue weighted by Gasteiger charge is -2.38. The number of halogens is 2. The zero-order valence-electron chi connectivity index (χ0n) is 24.1. The number of aliphatic hydroxyl groups is 1. The maximum Gasteiger partial charge on any atom is 0.387 e. The molecule has 2 saturated heterocycles. The number of aromatic nitrogens is 3. The maximum atomic E-state index is 13.4. The van der Waals surface area contributed by atoms with Crippen molar-refractivity contribution in [3.8, 4) is 17.0 Å². The minimum atomic E-state index is -2.89. The zero-order chi connectivity index (χ0) is 30.8. The molecule has 6 rings (SSSR count). The van der Waals surface area contributed by atoms with Gasteiger partial charge in [-0.05, 0) is 67.9 Å². The predicted molar refractivity (Wildman–Crippen MR) is 159 cm³/mol. The highest BCUT2D eigenvalue weighted by Gasteiger charge is 2.34. The second-order valence-corrected chi connectivity index (χ2v) is 11.0. The number of benzene rings is 2. The fourth-order valence-corrected chi connectivity index (χ4v) is 5.81. The monoisotopic (exact) mass is 605 g/mol. The topological polar surface area (TPSA) is 124 Å². The van der Waals surface area contributed by atoms with E-state index in [2.05, 4.69) is 25.3 Å². The van der Waals surface area contributed by atoms with Crippen molar-refractivity contribution >= 4 is 29.0 Å². The Morgan fingerprint density at radius 3 is 2.52 bits per heavy atom. The molecule has 2 amide bonds. The third kappa shape index (κ3) is 6.06. The smallest absolute Gasteiger partial charge is 0.387 e. The van der Waals surface area contributed by atoms with Crippen molar-refractivity contribution in [3.05, 3.63) is 72.2 Å². The van der Waals surface area contributed by atoms with E-state index in [1.165, 1.54) is 12.1 Å². The number of nitrogens with one attached hydrogen (secondary N) is 2. The zero-order valence-corrected chi connectivity index (χ0v) is 24.1. The molecule has 0 saturated carbocycles. The molecule has 2 aliphatic rings. The van der Waals surface area contributed by atoms with Crippen LogP contribution >= 0.6 is 0 Å². The quantitative estimate of drug-likeness (QED) is 0.293. The molecule has 11 nitrogen and oxygen atoms in total. The first kappa shape index (κ1) is 29.5. The van der Waals surface area contributed by atoms with E-state index in [1.807, 2.05) is 23.5 Å². The number of hydrogen-bond donors (Lipinski definition) is 3. The van der Waals surface area contributed by atoms with Gasteiger partial charge in [-0.3, -0.25) is 14.0 Å². The van der Waals surface area contributed by atoms with Crippen molar-refractivity contribution in [1.29, 1.82) is 0 Å². The summed E-state index contributed by atoms with van der Waals surface area (Å²) in [5.41, 5.74) is 4.19. The van der Waals surface area contributed by atoms with Crippen LogP contribution in [0.4, 0.5) is 20.3 Å². The van der Waals surface area contributed by atoms with Crippen molar-refractivity contribution < 1.29 is 28.2 Å². The number of β-amino-alcohol motifs (C(OH)–C–C–N with tert-alkyl or cyclic N) is 1. The van der Waals surface area contributed by atoms with Crippen molar-refractivity contribution in [2.24, 2.45) is 5.92 Å². The second-order valence-electron chi connectivity index (χ2n) is 11.0. The predicted octanol–water partition coefficient (Wildman–Crippen LogP) is 3.30. The van der Waals surface area contributed by atoms with Crippen LogP contribution in [0.1, 0.15) is 22.3 Å². The van der Waals surface area contributed by atoms with E-state index >= 15 is 0 Å². The third-order valence-corrected chi connectivity index (χ3v) is 8.17. The maximum absolute atomic E-state index is 13.4. The van der Waals surface area contributed by atoms with Crippen molar-refractivity contribution in [2.45, 2.75) is 26.1 Å². The fraction of sp³-hybridized carbons (Fsp3) is 0.355. The Labute approximate surface area is 252 Å². The number of anilines is 2. The summed E-state index contributed by atoms with van der Waals surface area (Å²) in [6, 6.07) is 11.8. The van der Waals surface area contributed by atoms with Gasteiger partial charge in [0.15, 0.2) is 11.5 Å². The Morgan fingerprint density at radius 2 is 1.82 bits per heavy atom. The number of hydrogen-bond acceptors (Lipinski definition) is 8. The highest BCUT2D eigenvalue weighted by molar-refractivity contribution is 5.96. The molecule has 3 N–H and O–H groups in total. The van der Waals surface area contributed by atoms with Crippen LogP contribution in [0.15, 0.2) is 61.1 Å². The standard InChI is InChI=1S/C31H33F2N7O4/c1-19-16-21(4-7-23(19)29(42)38-12-14-39(15-13-38)30(43)24-8-9-34-18-26(24)41)37-27-28-36-17-25(40(28)11-10-35-27)20-2-5-22(6-3-20)44-31(32)33/h2-7,10-11,16-17,24,26,31,34,41H,8-9,12-15,18H2,1H3,(H,35,37). The number of piperazine rings is 1. The Balaban J connectivity index is 1.11. The summed E-state index contributed by atoms with van der Waals surface area (Å²) in [6.07, 6.45) is 5.01. The molecule has 2 fully saturated rings. The van der Waals surface area contributed by atoms with Gasteiger partial charge >= 0.3 is 6.61 Å². The van der Waals surface area contributed by atoms with E-state index in [9.17, 15) is 23.5 Å². The molecule has 4 aromatic rings. The number of nitrogens with zero attached hydrogens (tertiary/aromatic N) is 5. The summed E-state index contributed by atoms with van der Waals surface area (Å²) >= 11 is 0. The lowest BCUT2D eigenvalue weighted by molar-refractivity contribution is -0.141. The van der Waals surface area contributed by atoms with Gasteiger partial charge in [0.2, 0.25) is 5.91 Å². The molecule has 230 valence electrons. The summed E-state index contributed by atoms with van der Waals surface area (Å²) in [5, 5.41) is 16.6. The van der Waals surface area contributed by atoms with Gasteiger partial charge in [0.25, 0.3) is 5.91 Å². The molecule has 2 atom stereocenters. The average molecular weight is 606 g/mol. The molecule has 44 heavy (non-hydrogen) atoms. The number of piperidine rings is 1. The lowest BCUT2D eigenvalue weighted by Crippen LogP contribution is -2.55. The summed E-state index contributed by atoms with van der Waals surface area (Å²) in [6.45, 7) is 1.86. The highest BCUT2D eigenvalue weighted by Crippen LogP contribution is 2.28. The first-order valence-electron chi connectivity index (χ1n) is 14.5. The number of rotatable bonds is 7. The number of ether oxygens (including phenoxy) is 1. The molecule has 0 aliphatic carbocycles. The lowest BCUT2D eigenvalue weighted by atomic mass is 9.93. The van der Waals surface area contributed by atoms with E-state index < -0.39 is 18.6 Å². The Bertz CT molecular complexity index is 1650. The van der Waals surface area contributed by atoms with Gasteiger partial charge in [-0.25, -0.2) is 9.97 Å². The van der Waals surface area contributed by atoms with Crippen molar-refractivity contribution in [1.82, 2.24) is 29.5 Å². The number of aliphatic hydroxyl groups excluding tert-OH is 1. The van der Waals surface area contributed by atoms with E-state index in [4.69, 9.17) is 0 Å². The number of imidazole rings is 1. The first-order valence-corrected chi connectivity index (χ1v) is 14.5. The summed E-state index contributed by atoms with van der Waals surface area (Å²) in [4.78, 5) is 38.8.